The van der Waals surface area contributed by atoms with Crippen LogP contribution in [0.5, 0.6) is 0 Å². The second kappa shape index (κ2) is 6.96. The molecular formula is C16H23N3O3. The van der Waals surface area contributed by atoms with Crippen molar-refractivity contribution in [2.75, 3.05) is 32.7 Å². The Morgan fingerprint density at radius 2 is 2.18 bits per heavy atom. The molecule has 2 aliphatic rings. The van der Waals surface area contributed by atoms with E-state index >= 15 is 0 Å². The van der Waals surface area contributed by atoms with E-state index in [1.807, 2.05) is 6.07 Å². The van der Waals surface area contributed by atoms with E-state index < -0.39 is 0 Å². The van der Waals surface area contributed by atoms with E-state index in [4.69, 9.17) is 4.42 Å². The smallest absolute Gasteiger partial charge is 0.225 e. The summed E-state index contributed by atoms with van der Waals surface area (Å²) in [4.78, 5) is 28.2. The zero-order chi connectivity index (χ0) is 15.4. The van der Waals surface area contributed by atoms with E-state index in [1.54, 1.807) is 17.2 Å². The minimum atomic E-state index is -0.235. The summed E-state index contributed by atoms with van der Waals surface area (Å²) in [6.07, 6.45) is 4.41. The van der Waals surface area contributed by atoms with E-state index in [1.165, 1.54) is 12.8 Å². The lowest BCUT2D eigenvalue weighted by molar-refractivity contribution is -0.129. The van der Waals surface area contributed by atoms with E-state index in [0.717, 1.165) is 25.4 Å². The average Bonchev–Trinajstić information content (AvgIpc) is 3.23. The van der Waals surface area contributed by atoms with Crippen LogP contribution < -0.4 is 5.32 Å². The summed E-state index contributed by atoms with van der Waals surface area (Å²) in [5, 5.41) is 2.97. The lowest BCUT2D eigenvalue weighted by Gasteiger charge is -2.17. The summed E-state index contributed by atoms with van der Waals surface area (Å²) in [5.74, 6) is 0.537. The molecule has 0 radical (unpaired) electrons. The molecule has 1 atom stereocenters. The highest BCUT2D eigenvalue weighted by Gasteiger charge is 2.34. The summed E-state index contributed by atoms with van der Waals surface area (Å²) in [6.45, 7) is 4.77. The number of rotatable bonds is 6. The molecule has 2 fully saturated rings. The number of furan rings is 1. The maximum atomic E-state index is 12.2. The highest BCUT2D eigenvalue weighted by atomic mass is 16.3. The second-order valence-electron chi connectivity index (χ2n) is 6.09. The fourth-order valence-electron chi connectivity index (χ4n) is 3.18. The van der Waals surface area contributed by atoms with Gasteiger partial charge in [0, 0.05) is 26.1 Å². The van der Waals surface area contributed by atoms with Crippen molar-refractivity contribution >= 4 is 11.8 Å². The zero-order valence-electron chi connectivity index (χ0n) is 12.8. The van der Waals surface area contributed by atoms with Gasteiger partial charge in [-0.2, -0.15) is 0 Å². The molecule has 0 aliphatic carbocycles. The topological polar surface area (TPSA) is 65.8 Å². The summed E-state index contributed by atoms with van der Waals surface area (Å²) in [5.41, 5.74) is 0. The van der Waals surface area contributed by atoms with Gasteiger partial charge in [-0.25, -0.2) is 0 Å². The zero-order valence-corrected chi connectivity index (χ0v) is 12.8. The molecule has 2 aliphatic heterocycles. The molecule has 2 amide bonds. The third-order valence-corrected chi connectivity index (χ3v) is 4.44. The number of nitrogens with zero attached hydrogens (tertiary/aromatic N) is 2. The molecule has 3 rings (SSSR count). The standard InChI is InChI=1S/C16H23N3O3/c20-15-10-13(11-19(15)12-14-4-3-9-22-14)16(21)17-5-8-18-6-1-2-7-18/h3-4,9,13H,1-2,5-8,10-12H2,(H,17,21). The lowest BCUT2D eigenvalue weighted by Crippen LogP contribution is -2.37. The summed E-state index contributed by atoms with van der Waals surface area (Å²) < 4.78 is 5.26. The number of carbonyl (C=O) groups is 2. The van der Waals surface area contributed by atoms with Crippen LogP contribution in [-0.4, -0.2) is 54.3 Å². The molecule has 120 valence electrons. The van der Waals surface area contributed by atoms with Crippen LogP contribution in [0.1, 0.15) is 25.0 Å². The number of amides is 2. The third-order valence-electron chi connectivity index (χ3n) is 4.44. The van der Waals surface area contributed by atoms with Gasteiger partial charge in [0.15, 0.2) is 0 Å². The van der Waals surface area contributed by atoms with Gasteiger partial charge in [-0.1, -0.05) is 0 Å². The quantitative estimate of drug-likeness (QED) is 0.846. The Hall–Kier alpha value is -1.82. The minimum Gasteiger partial charge on any atom is -0.467 e. The molecule has 0 aromatic carbocycles. The van der Waals surface area contributed by atoms with Gasteiger partial charge in [0.05, 0.1) is 18.7 Å². The van der Waals surface area contributed by atoms with E-state index in [0.29, 0.717) is 26.1 Å². The van der Waals surface area contributed by atoms with Crippen LogP contribution in [0.4, 0.5) is 0 Å². The molecule has 6 nitrogen and oxygen atoms in total. The molecule has 6 heteroatoms. The minimum absolute atomic E-state index is 0.00510. The van der Waals surface area contributed by atoms with E-state index in [2.05, 4.69) is 10.2 Å². The molecule has 22 heavy (non-hydrogen) atoms. The molecule has 1 unspecified atom stereocenters. The molecule has 1 aromatic rings. The highest BCUT2D eigenvalue weighted by molar-refractivity contribution is 5.89. The third kappa shape index (κ3) is 3.68. The highest BCUT2D eigenvalue weighted by Crippen LogP contribution is 2.20. The van der Waals surface area contributed by atoms with Gasteiger partial charge in [0.2, 0.25) is 11.8 Å². The predicted octanol–water partition coefficient (Wildman–Crippen LogP) is 0.840. The maximum Gasteiger partial charge on any atom is 0.225 e. The monoisotopic (exact) mass is 305 g/mol. The largest absolute Gasteiger partial charge is 0.467 e. The first-order valence-corrected chi connectivity index (χ1v) is 8.02. The van der Waals surface area contributed by atoms with Crippen molar-refractivity contribution in [2.24, 2.45) is 5.92 Å². The van der Waals surface area contributed by atoms with Crippen molar-refractivity contribution < 1.29 is 14.0 Å². The molecular weight excluding hydrogens is 282 g/mol. The van der Waals surface area contributed by atoms with Gasteiger partial charge in [0.1, 0.15) is 5.76 Å². The Bertz CT molecular complexity index is 509. The lowest BCUT2D eigenvalue weighted by atomic mass is 10.1. The number of nitrogens with one attached hydrogen (secondary N) is 1. The van der Waals surface area contributed by atoms with Crippen molar-refractivity contribution in [3.05, 3.63) is 24.2 Å². The Morgan fingerprint density at radius 1 is 1.36 bits per heavy atom. The SMILES string of the molecule is O=C(NCCN1CCCC1)C1CC(=O)N(Cc2ccco2)C1. The van der Waals surface area contributed by atoms with Gasteiger partial charge in [-0.05, 0) is 38.1 Å². The summed E-state index contributed by atoms with van der Waals surface area (Å²) in [7, 11) is 0. The number of hydrogen-bond donors (Lipinski definition) is 1. The fourth-order valence-corrected chi connectivity index (χ4v) is 3.18. The first-order chi connectivity index (χ1) is 10.7. The molecule has 0 spiro atoms. The van der Waals surface area contributed by atoms with Crippen LogP contribution in [-0.2, 0) is 16.1 Å². The van der Waals surface area contributed by atoms with Crippen LogP contribution in [0.15, 0.2) is 22.8 Å². The van der Waals surface area contributed by atoms with Crippen LogP contribution >= 0.6 is 0 Å². The molecule has 3 heterocycles. The van der Waals surface area contributed by atoms with Crippen LogP contribution in [0.25, 0.3) is 0 Å². The van der Waals surface area contributed by atoms with Crippen molar-refractivity contribution in [1.82, 2.24) is 15.1 Å². The normalized spacial score (nSPS) is 22.5. The molecule has 2 saturated heterocycles. The molecule has 0 bridgehead atoms. The number of carbonyl (C=O) groups excluding carboxylic acids is 2. The van der Waals surface area contributed by atoms with E-state index in [9.17, 15) is 9.59 Å². The fraction of sp³-hybridized carbons (Fsp3) is 0.625. The van der Waals surface area contributed by atoms with Crippen LogP contribution in [0.2, 0.25) is 0 Å². The van der Waals surface area contributed by atoms with Crippen LogP contribution in [0, 0.1) is 5.92 Å². The molecule has 1 aromatic heterocycles. The first kappa shape index (κ1) is 15.1. The van der Waals surface area contributed by atoms with Gasteiger partial charge in [-0.3, -0.25) is 9.59 Å². The van der Waals surface area contributed by atoms with Gasteiger partial charge < -0.3 is 19.5 Å². The Labute approximate surface area is 130 Å². The van der Waals surface area contributed by atoms with Crippen LogP contribution in [0.3, 0.4) is 0 Å². The van der Waals surface area contributed by atoms with Gasteiger partial charge >= 0.3 is 0 Å². The van der Waals surface area contributed by atoms with Crippen molar-refractivity contribution in [1.29, 1.82) is 0 Å². The van der Waals surface area contributed by atoms with Crippen molar-refractivity contribution in [2.45, 2.75) is 25.8 Å². The Morgan fingerprint density at radius 3 is 2.91 bits per heavy atom. The van der Waals surface area contributed by atoms with Gasteiger partial charge in [0.25, 0.3) is 0 Å². The first-order valence-electron chi connectivity index (χ1n) is 8.02. The van der Waals surface area contributed by atoms with Gasteiger partial charge in [-0.15, -0.1) is 0 Å². The molecule has 1 N–H and O–H groups in total. The Balaban J connectivity index is 1.42. The van der Waals surface area contributed by atoms with Crippen molar-refractivity contribution in [3.63, 3.8) is 0 Å². The summed E-state index contributed by atoms with van der Waals surface area (Å²) >= 11 is 0. The van der Waals surface area contributed by atoms with Crippen molar-refractivity contribution in [3.8, 4) is 0 Å². The second-order valence-corrected chi connectivity index (χ2v) is 6.09. The Kier molecular flexibility index (Phi) is 4.77. The maximum absolute atomic E-state index is 12.2. The number of likely N-dealkylation sites (tertiary alicyclic amines) is 2. The summed E-state index contributed by atoms with van der Waals surface area (Å²) in [6, 6.07) is 3.65. The van der Waals surface area contributed by atoms with E-state index in [-0.39, 0.29) is 17.7 Å². The average molecular weight is 305 g/mol. The molecule has 0 saturated carbocycles. The predicted molar refractivity (Wildman–Crippen MR) is 80.9 cm³/mol. The number of hydrogen-bond acceptors (Lipinski definition) is 4.